The molecule has 0 amide bonds. The SMILES string of the molecule is CCCCCCC(C)Nc1cccc(OCC)c1. The van der Waals surface area contributed by atoms with Crippen LogP contribution in [-0.4, -0.2) is 12.6 Å². The maximum Gasteiger partial charge on any atom is 0.121 e. The summed E-state index contributed by atoms with van der Waals surface area (Å²) in [4.78, 5) is 0. The second-order valence-corrected chi connectivity index (χ2v) is 4.86. The molecule has 1 N–H and O–H groups in total. The fourth-order valence-corrected chi connectivity index (χ4v) is 2.08. The molecule has 1 aromatic rings. The molecule has 0 saturated heterocycles. The summed E-state index contributed by atoms with van der Waals surface area (Å²) in [6, 6.07) is 8.74. The Morgan fingerprint density at radius 3 is 2.72 bits per heavy atom. The fraction of sp³-hybridized carbons (Fsp3) is 0.625. The van der Waals surface area contributed by atoms with Crippen LogP contribution in [0.1, 0.15) is 52.9 Å². The number of nitrogens with one attached hydrogen (secondary N) is 1. The lowest BCUT2D eigenvalue weighted by atomic mass is 10.1. The van der Waals surface area contributed by atoms with Crippen LogP contribution in [0.25, 0.3) is 0 Å². The van der Waals surface area contributed by atoms with E-state index in [1.165, 1.54) is 32.1 Å². The van der Waals surface area contributed by atoms with Gasteiger partial charge in [-0.3, -0.25) is 0 Å². The van der Waals surface area contributed by atoms with Gasteiger partial charge in [-0.2, -0.15) is 0 Å². The van der Waals surface area contributed by atoms with Crippen LogP contribution < -0.4 is 10.1 Å². The molecule has 0 aliphatic heterocycles. The molecule has 1 unspecified atom stereocenters. The highest BCUT2D eigenvalue weighted by Crippen LogP contribution is 2.19. The number of benzene rings is 1. The van der Waals surface area contributed by atoms with Crippen molar-refractivity contribution >= 4 is 5.69 Å². The molecule has 0 bridgehead atoms. The number of anilines is 1. The zero-order valence-electron chi connectivity index (χ0n) is 12.0. The lowest BCUT2D eigenvalue weighted by molar-refractivity contribution is 0.340. The molecule has 0 aliphatic rings. The van der Waals surface area contributed by atoms with Crippen molar-refractivity contribution in [1.82, 2.24) is 0 Å². The smallest absolute Gasteiger partial charge is 0.121 e. The van der Waals surface area contributed by atoms with E-state index in [4.69, 9.17) is 4.74 Å². The van der Waals surface area contributed by atoms with Crippen LogP contribution >= 0.6 is 0 Å². The first-order chi connectivity index (χ1) is 8.76. The third-order valence-corrected chi connectivity index (χ3v) is 3.05. The van der Waals surface area contributed by atoms with E-state index >= 15 is 0 Å². The van der Waals surface area contributed by atoms with Crippen molar-refractivity contribution in [2.45, 2.75) is 58.9 Å². The van der Waals surface area contributed by atoms with Gasteiger partial charge in [-0.15, -0.1) is 0 Å². The van der Waals surface area contributed by atoms with Crippen LogP contribution in [0.3, 0.4) is 0 Å². The van der Waals surface area contributed by atoms with E-state index in [1.807, 2.05) is 19.1 Å². The number of unbranched alkanes of at least 4 members (excludes halogenated alkanes) is 3. The molecule has 2 nitrogen and oxygen atoms in total. The zero-order chi connectivity index (χ0) is 13.2. The van der Waals surface area contributed by atoms with Crippen molar-refractivity contribution in [3.63, 3.8) is 0 Å². The molecule has 1 atom stereocenters. The molecule has 0 fully saturated rings. The number of rotatable bonds is 9. The third kappa shape index (κ3) is 5.95. The quantitative estimate of drug-likeness (QED) is 0.631. The predicted molar refractivity (Wildman–Crippen MR) is 79.5 cm³/mol. The largest absolute Gasteiger partial charge is 0.494 e. The van der Waals surface area contributed by atoms with Gasteiger partial charge in [0.05, 0.1) is 6.61 Å². The van der Waals surface area contributed by atoms with Crippen LogP contribution in [0, 0.1) is 0 Å². The second-order valence-electron chi connectivity index (χ2n) is 4.86. The summed E-state index contributed by atoms with van der Waals surface area (Å²) in [5.41, 5.74) is 1.16. The normalized spacial score (nSPS) is 12.2. The van der Waals surface area contributed by atoms with Gasteiger partial charge in [-0.25, -0.2) is 0 Å². The predicted octanol–water partition coefficient (Wildman–Crippen LogP) is 4.86. The lowest BCUT2D eigenvalue weighted by Crippen LogP contribution is -2.14. The van der Waals surface area contributed by atoms with E-state index in [-0.39, 0.29) is 0 Å². The molecule has 0 saturated carbocycles. The summed E-state index contributed by atoms with van der Waals surface area (Å²) in [6.07, 6.45) is 6.55. The van der Waals surface area contributed by atoms with Crippen LogP contribution in [-0.2, 0) is 0 Å². The monoisotopic (exact) mass is 249 g/mol. The molecule has 0 heterocycles. The molecule has 1 aromatic carbocycles. The molecular weight excluding hydrogens is 222 g/mol. The Kier molecular flexibility index (Phi) is 7.31. The third-order valence-electron chi connectivity index (χ3n) is 3.05. The Hall–Kier alpha value is -1.18. The van der Waals surface area contributed by atoms with Gasteiger partial charge in [-0.05, 0) is 32.4 Å². The highest BCUT2D eigenvalue weighted by Gasteiger charge is 2.02. The summed E-state index contributed by atoms with van der Waals surface area (Å²) in [7, 11) is 0. The van der Waals surface area contributed by atoms with Crippen molar-refractivity contribution in [3.8, 4) is 5.75 Å². The minimum absolute atomic E-state index is 0.527. The number of hydrogen-bond acceptors (Lipinski definition) is 2. The van der Waals surface area contributed by atoms with Crippen LogP contribution in [0.2, 0.25) is 0 Å². The summed E-state index contributed by atoms with van der Waals surface area (Å²) >= 11 is 0. The van der Waals surface area contributed by atoms with Gasteiger partial charge in [0, 0.05) is 17.8 Å². The van der Waals surface area contributed by atoms with E-state index in [2.05, 4.69) is 31.3 Å². The first kappa shape index (κ1) is 14.9. The molecule has 18 heavy (non-hydrogen) atoms. The van der Waals surface area contributed by atoms with Gasteiger partial charge in [0.15, 0.2) is 0 Å². The highest BCUT2D eigenvalue weighted by molar-refractivity contribution is 5.48. The maximum atomic E-state index is 5.50. The van der Waals surface area contributed by atoms with Crippen LogP contribution in [0.4, 0.5) is 5.69 Å². The Morgan fingerprint density at radius 1 is 1.17 bits per heavy atom. The molecule has 0 spiro atoms. The summed E-state index contributed by atoms with van der Waals surface area (Å²) in [6.45, 7) is 7.23. The van der Waals surface area contributed by atoms with Crippen molar-refractivity contribution in [2.24, 2.45) is 0 Å². The zero-order valence-corrected chi connectivity index (χ0v) is 12.0. The topological polar surface area (TPSA) is 21.3 Å². The number of ether oxygens (including phenoxy) is 1. The molecular formula is C16H27NO. The average molecular weight is 249 g/mol. The van der Waals surface area contributed by atoms with E-state index in [0.717, 1.165) is 18.0 Å². The summed E-state index contributed by atoms with van der Waals surface area (Å²) in [5.74, 6) is 0.945. The molecule has 1 rings (SSSR count). The van der Waals surface area contributed by atoms with Gasteiger partial charge < -0.3 is 10.1 Å². The summed E-state index contributed by atoms with van der Waals surface area (Å²) < 4.78 is 5.50. The van der Waals surface area contributed by atoms with Crippen molar-refractivity contribution in [2.75, 3.05) is 11.9 Å². The van der Waals surface area contributed by atoms with Gasteiger partial charge in [0.25, 0.3) is 0 Å². The fourth-order valence-electron chi connectivity index (χ4n) is 2.08. The molecule has 2 heteroatoms. The first-order valence-electron chi connectivity index (χ1n) is 7.25. The van der Waals surface area contributed by atoms with Gasteiger partial charge in [0.2, 0.25) is 0 Å². The molecule has 0 aromatic heterocycles. The minimum Gasteiger partial charge on any atom is -0.494 e. The average Bonchev–Trinajstić information content (AvgIpc) is 2.35. The molecule has 0 aliphatic carbocycles. The van der Waals surface area contributed by atoms with Crippen molar-refractivity contribution in [3.05, 3.63) is 24.3 Å². The Morgan fingerprint density at radius 2 is 2.00 bits per heavy atom. The standard InChI is InChI=1S/C16H27NO/c1-4-6-7-8-10-14(3)17-15-11-9-12-16(13-15)18-5-2/h9,11-14,17H,4-8,10H2,1-3H3. The second kappa shape index (κ2) is 8.84. The first-order valence-corrected chi connectivity index (χ1v) is 7.25. The molecule has 102 valence electrons. The van der Waals surface area contributed by atoms with E-state index in [0.29, 0.717) is 6.04 Å². The van der Waals surface area contributed by atoms with E-state index < -0.39 is 0 Å². The van der Waals surface area contributed by atoms with Crippen LogP contribution in [0.5, 0.6) is 5.75 Å². The Labute approximate surface area is 112 Å². The Balaban J connectivity index is 2.34. The van der Waals surface area contributed by atoms with E-state index in [9.17, 15) is 0 Å². The van der Waals surface area contributed by atoms with Crippen LogP contribution in [0.15, 0.2) is 24.3 Å². The number of hydrogen-bond donors (Lipinski definition) is 1. The summed E-state index contributed by atoms with van der Waals surface area (Å²) in [5, 5.41) is 3.54. The van der Waals surface area contributed by atoms with Gasteiger partial charge >= 0.3 is 0 Å². The molecule has 0 radical (unpaired) electrons. The minimum atomic E-state index is 0.527. The Bertz CT molecular complexity index is 325. The van der Waals surface area contributed by atoms with Crippen molar-refractivity contribution in [1.29, 1.82) is 0 Å². The van der Waals surface area contributed by atoms with E-state index in [1.54, 1.807) is 0 Å². The highest BCUT2D eigenvalue weighted by atomic mass is 16.5. The maximum absolute atomic E-state index is 5.50. The van der Waals surface area contributed by atoms with Gasteiger partial charge in [0.1, 0.15) is 5.75 Å². The van der Waals surface area contributed by atoms with Crippen molar-refractivity contribution < 1.29 is 4.74 Å². The lowest BCUT2D eigenvalue weighted by Gasteiger charge is -2.16. The van der Waals surface area contributed by atoms with Gasteiger partial charge in [-0.1, -0.05) is 38.7 Å².